The summed E-state index contributed by atoms with van der Waals surface area (Å²) in [6, 6.07) is 0. The predicted molar refractivity (Wildman–Crippen MR) is 245 cm³/mol. The van der Waals surface area contributed by atoms with Crippen molar-refractivity contribution in [2.45, 2.75) is 155 Å². The van der Waals surface area contributed by atoms with Crippen LogP contribution in [0.15, 0.2) is 6.20 Å². The number of aromatic nitrogens is 3. The fraction of sp³-hybridized carbons (Fsp3) is 0.860. The molecule has 346 valence electrons. The lowest BCUT2D eigenvalue weighted by atomic mass is 9.64. The second-order valence-corrected chi connectivity index (χ2v) is 22.2. The number of thioether (sulfide) groups is 2. The van der Waals surface area contributed by atoms with Crippen molar-refractivity contribution in [3.8, 4) is 0 Å². The summed E-state index contributed by atoms with van der Waals surface area (Å²) in [6.45, 7) is 27.3. The summed E-state index contributed by atoms with van der Waals surface area (Å²) in [4.78, 5) is 52.5. The second-order valence-electron chi connectivity index (χ2n) is 18.9. The average molecular weight is 895 g/mol. The van der Waals surface area contributed by atoms with E-state index >= 15 is 0 Å². The monoisotopic (exact) mass is 895 g/mol. The highest BCUT2D eigenvalue weighted by atomic mass is 32.2. The summed E-state index contributed by atoms with van der Waals surface area (Å²) in [5, 5.41) is 8.11. The minimum Gasteiger partial charge on any atom is -0.462 e. The number of aryl methyl sites for hydroxylation is 1. The fourth-order valence-electron chi connectivity index (χ4n) is 5.40. The maximum absolute atomic E-state index is 12.8. The van der Waals surface area contributed by atoms with Crippen LogP contribution in [-0.4, -0.2) is 145 Å². The van der Waals surface area contributed by atoms with Crippen LogP contribution < -0.4 is 0 Å². The van der Waals surface area contributed by atoms with Gasteiger partial charge in [0.15, 0.2) is 0 Å². The third-order valence-electron chi connectivity index (χ3n) is 10.2. The molecule has 18 heteroatoms. The van der Waals surface area contributed by atoms with Crippen molar-refractivity contribution in [2.75, 3.05) is 64.7 Å². The molecule has 0 spiro atoms. The lowest BCUT2D eigenvalue weighted by Gasteiger charge is -2.39. The number of nitrogens with zero attached hydrogens (tertiary/aromatic N) is 4. The van der Waals surface area contributed by atoms with Gasteiger partial charge in [0, 0.05) is 66.0 Å². The summed E-state index contributed by atoms with van der Waals surface area (Å²) in [5.74, 6) is -0.566. The molecule has 3 atom stereocenters. The van der Waals surface area contributed by atoms with Crippen LogP contribution in [0.5, 0.6) is 0 Å². The van der Waals surface area contributed by atoms with E-state index in [1.54, 1.807) is 55.4 Å². The number of carbonyl (C=O) groups excluding carboxylic acids is 4. The highest BCUT2D eigenvalue weighted by Crippen LogP contribution is 2.45. The van der Waals surface area contributed by atoms with Crippen molar-refractivity contribution >= 4 is 63.1 Å². The Morgan fingerprint density at radius 3 is 1.74 bits per heavy atom. The lowest BCUT2D eigenvalue weighted by molar-refractivity contribution is -0.154. The van der Waals surface area contributed by atoms with Gasteiger partial charge in [-0.1, -0.05) is 79.8 Å². The zero-order valence-corrected chi connectivity index (χ0v) is 41.4. The van der Waals surface area contributed by atoms with Gasteiger partial charge in [0.25, 0.3) is 0 Å². The van der Waals surface area contributed by atoms with E-state index in [-0.39, 0.29) is 92.2 Å². The Kier molecular flexibility index (Phi) is 24.7. The number of esters is 4. The van der Waals surface area contributed by atoms with Gasteiger partial charge in [0.2, 0.25) is 0 Å². The third-order valence-corrected chi connectivity index (χ3v) is 13.8. The van der Waals surface area contributed by atoms with Crippen molar-refractivity contribution in [2.24, 2.45) is 17.8 Å². The third kappa shape index (κ3) is 25.0. The molecular weight excluding hydrogens is 818 g/mol. The van der Waals surface area contributed by atoms with Gasteiger partial charge >= 0.3 is 23.9 Å². The van der Waals surface area contributed by atoms with E-state index in [0.29, 0.717) is 42.7 Å². The normalized spacial score (nSPS) is 14.7. The summed E-state index contributed by atoms with van der Waals surface area (Å²) < 4.78 is 34.3. The molecule has 0 N–H and O–H groups in total. The highest BCUT2D eigenvalue weighted by Gasteiger charge is 2.34. The van der Waals surface area contributed by atoms with Crippen molar-refractivity contribution in [3.63, 3.8) is 0 Å². The predicted octanol–water partition coefficient (Wildman–Crippen LogP) is 6.46. The number of rotatable bonds is 32. The van der Waals surface area contributed by atoms with Crippen molar-refractivity contribution in [1.82, 2.24) is 19.9 Å². The molecular formula is C43H76B2N4O10S2. The van der Waals surface area contributed by atoms with Crippen molar-refractivity contribution in [1.29, 1.82) is 0 Å². The van der Waals surface area contributed by atoms with Gasteiger partial charge in [-0.15, -0.1) is 5.10 Å². The molecule has 0 aromatic carbocycles. The molecule has 14 nitrogen and oxygen atoms in total. The molecule has 3 unspecified atom stereocenters. The molecule has 4 radical (unpaired) electrons. The van der Waals surface area contributed by atoms with Crippen LogP contribution in [0.4, 0.5) is 0 Å². The Morgan fingerprint density at radius 1 is 0.770 bits per heavy atom. The number of ether oxygens (including phenoxy) is 6. The molecule has 1 aromatic heterocycles. The van der Waals surface area contributed by atoms with Crippen LogP contribution in [0, 0.1) is 17.8 Å². The molecule has 0 bridgehead atoms. The van der Waals surface area contributed by atoms with Gasteiger partial charge in [-0.05, 0) is 39.5 Å². The van der Waals surface area contributed by atoms with E-state index in [1.807, 2.05) is 53.4 Å². The van der Waals surface area contributed by atoms with E-state index in [1.165, 1.54) is 0 Å². The number of methoxy groups -OCH3 is 1. The maximum Gasteiger partial charge on any atom is 0.309 e. The molecule has 0 amide bonds. The van der Waals surface area contributed by atoms with Gasteiger partial charge in [-0.2, -0.15) is 23.5 Å². The summed E-state index contributed by atoms with van der Waals surface area (Å²) in [5.41, 5.74) is -0.793. The van der Waals surface area contributed by atoms with Gasteiger partial charge < -0.3 is 28.4 Å². The Balaban J connectivity index is 2.73. The summed E-state index contributed by atoms with van der Waals surface area (Å²) in [7, 11) is 14.3. The lowest BCUT2D eigenvalue weighted by Crippen LogP contribution is -2.38. The molecule has 0 saturated carbocycles. The molecule has 0 saturated heterocycles. The van der Waals surface area contributed by atoms with E-state index in [2.05, 4.69) is 38.0 Å². The van der Waals surface area contributed by atoms with Gasteiger partial charge in [0.1, 0.15) is 34.3 Å². The molecule has 1 rings (SSSR count). The van der Waals surface area contributed by atoms with E-state index in [0.717, 1.165) is 6.42 Å². The zero-order chi connectivity index (χ0) is 46.7. The van der Waals surface area contributed by atoms with Crippen molar-refractivity contribution < 1.29 is 47.6 Å². The topological polar surface area (TPSA) is 158 Å². The summed E-state index contributed by atoms with van der Waals surface area (Å²) in [6.07, 6.45) is 3.31. The maximum atomic E-state index is 12.8. The zero-order valence-electron chi connectivity index (χ0n) is 39.8. The van der Waals surface area contributed by atoms with E-state index < -0.39 is 28.4 Å². The molecule has 1 aromatic rings. The molecule has 1 heterocycles. The Labute approximate surface area is 378 Å². The van der Waals surface area contributed by atoms with E-state index in [9.17, 15) is 19.2 Å². The first-order chi connectivity index (χ1) is 28.1. The van der Waals surface area contributed by atoms with Crippen LogP contribution in [0.2, 0.25) is 5.31 Å². The van der Waals surface area contributed by atoms with Crippen LogP contribution in [0.1, 0.15) is 121 Å². The van der Waals surface area contributed by atoms with Gasteiger partial charge in [0.05, 0.1) is 50.4 Å². The molecule has 0 aliphatic carbocycles. The fourth-order valence-corrected chi connectivity index (χ4v) is 7.86. The average Bonchev–Trinajstić information content (AvgIpc) is 3.62. The first-order valence-corrected chi connectivity index (χ1v) is 23.3. The standard InChI is InChI=1S/C43H76B2N4O10S2/c1-31(2)25-40(7,8)60-28-32(3)37(52)57-23-21-55-35(50)15-18-48(26-34-27-49(47-46-34)20-17-43(13,45)59-30-39(5,6)54-14)19-16-36(51)56-22-24-58-38(53)33(4)29-61-42(11,12)41(9,10)44/h27,31-33H,15-26,28-30H2,1-14H3. The second kappa shape index (κ2) is 26.5. The van der Waals surface area contributed by atoms with Crippen LogP contribution in [-0.2, 0) is 60.7 Å². The van der Waals surface area contributed by atoms with Crippen LogP contribution in [0.3, 0.4) is 0 Å². The first kappa shape index (κ1) is 56.7. The minimum absolute atomic E-state index is 0.00982. The molecule has 0 aliphatic rings. The molecule has 61 heavy (non-hydrogen) atoms. The Hall–Kier alpha value is -2.27. The number of hydrogen-bond acceptors (Lipinski definition) is 15. The SMILES string of the molecule is [B]C(C)(CCn1cc(CN(CCC(=O)OCCOC(=O)C(C)CSC(C)(C)CC(C)C)CCC(=O)OCCOC(=O)C(C)CSC(C)(C)C([B])(C)C)nn1)OCC(C)(C)OC. The quantitative estimate of drug-likeness (QED) is 0.0336. The van der Waals surface area contributed by atoms with Gasteiger partial charge in [-0.25, -0.2) is 0 Å². The van der Waals surface area contributed by atoms with Crippen LogP contribution in [0.25, 0.3) is 0 Å². The Bertz CT molecular complexity index is 1490. The Morgan fingerprint density at radius 2 is 1.26 bits per heavy atom. The largest absolute Gasteiger partial charge is 0.462 e. The minimum atomic E-state index is -0.927. The highest BCUT2D eigenvalue weighted by molar-refractivity contribution is 8.00. The smallest absolute Gasteiger partial charge is 0.309 e. The first-order valence-electron chi connectivity index (χ1n) is 21.4. The summed E-state index contributed by atoms with van der Waals surface area (Å²) >= 11 is 3.37. The molecule has 0 aliphatic heterocycles. The van der Waals surface area contributed by atoms with Crippen LogP contribution >= 0.6 is 23.5 Å². The van der Waals surface area contributed by atoms with Gasteiger partial charge in [-0.3, -0.25) is 28.8 Å². The van der Waals surface area contributed by atoms with Crippen molar-refractivity contribution in [3.05, 3.63) is 11.9 Å². The number of carbonyl (C=O) groups is 4. The van der Waals surface area contributed by atoms with E-state index in [4.69, 9.17) is 44.1 Å². The number of hydrogen-bond donors (Lipinski definition) is 0. The molecule has 0 fully saturated rings.